The van der Waals surface area contributed by atoms with E-state index in [4.69, 9.17) is 34.3 Å². The number of aromatic nitrogens is 2. The van der Waals surface area contributed by atoms with E-state index in [-0.39, 0.29) is 11.4 Å². The van der Waals surface area contributed by atoms with Crippen LogP contribution in [0.25, 0.3) is 11.3 Å². The summed E-state index contributed by atoms with van der Waals surface area (Å²) in [4.78, 5) is 11.8. The Morgan fingerprint density at radius 2 is 2.05 bits per heavy atom. The number of nitrogens with two attached hydrogens (primary N) is 1. The second-order valence-corrected chi connectivity index (χ2v) is 4.75. The molecule has 1 aromatic carbocycles. The van der Waals surface area contributed by atoms with Gasteiger partial charge in [-0.2, -0.15) is 5.10 Å². The second kappa shape index (κ2) is 5.03. The van der Waals surface area contributed by atoms with E-state index in [0.29, 0.717) is 21.3 Å². The van der Waals surface area contributed by atoms with Gasteiger partial charge in [-0.1, -0.05) is 23.2 Å². The number of hydrogen-bond acceptors (Lipinski definition) is 3. The minimum Gasteiger partial charge on any atom is -0.384 e. The van der Waals surface area contributed by atoms with Crippen molar-refractivity contribution in [3.8, 4) is 11.3 Å². The first-order valence-corrected chi connectivity index (χ1v) is 6.04. The lowest BCUT2D eigenvalue weighted by Gasteiger charge is -2.08. The van der Waals surface area contributed by atoms with Crippen LogP contribution in [0, 0.1) is 5.41 Å². The monoisotopic (exact) mass is 296 g/mol. The minimum atomic E-state index is -0.429. The Kier molecular flexibility index (Phi) is 3.59. The largest absolute Gasteiger partial charge is 0.384 e. The van der Waals surface area contributed by atoms with E-state index < -0.39 is 5.56 Å². The van der Waals surface area contributed by atoms with E-state index in [0.717, 1.165) is 4.68 Å². The van der Waals surface area contributed by atoms with Gasteiger partial charge in [0.05, 0.1) is 16.3 Å². The number of nitrogens with zero attached hydrogens (tertiary/aromatic N) is 2. The summed E-state index contributed by atoms with van der Waals surface area (Å²) >= 11 is 11.9. The first-order chi connectivity index (χ1) is 8.90. The molecule has 0 fully saturated rings. The molecule has 0 aliphatic rings. The van der Waals surface area contributed by atoms with Crippen LogP contribution in [0.3, 0.4) is 0 Å². The summed E-state index contributed by atoms with van der Waals surface area (Å²) in [6.07, 6.45) is 0. The number of hydrogen-bond donors (Lipinski definition) is 2. The molecule has 0 atom stereocenters. The van der Waals surface area contributed by atoms with Gasteiger partial charge in [0.2, 0.25) is 0 Å². The summed E-state index contributed by atoms with van der Waals surface area (Å²) in [5, 5.41) is 12.4. The van der Waals surface area contributed by atoms with E-state index >= 15 is 0 Å². The SMILES string of the molecule is Cn1nc(-c2ccc(Cl)cc2Cl)cc(C(=N)N)c1=O. The van der Waals surface area contributed by atoms with Crippen molar-refractivity contribution in [2.75, 3.05) is 0 Å². The molecule has 98 valence electrons. The lowest BCUT2D eigenvalue weighted by atomic mass is 10.1. The van der Waals surface area contributed by atoms with Gasteiger partial charge >= 0.3 is 0 Å². The van der Waals surface area contributed by atoms with Crippen LogP contribution in [-0.4, -0.2) is 15.6 Å². The Labute approximate surface area is 119 Å². The van der Waals surface area contributed by atoms with Crippen molar-refractivity contribution in [1.29, 1.82) is 5.41 Å². The molecule has 7 heteroatoms. The molecule has 1 heterocycles. The summed E-state index contributed by atoms with van der Waals surface area (Å²) in [5.41, 5.74) is 6.10. The van der Waals surface area contributed by atoms with Gasteiger partial charge in [-0.25, -0.2) is 4.68 Å². The number of nitrogens with one attached hydrogen (secondary N) is 1. The maximum absolute atomic E-state index is 11.8. The molecule has 0 amide bonds. The highest BCUT2D eigenvalue weighted by molar-refractivity contribution is 6.36. The third-order valence-electron chi connectivity index (χ3n) is 2.56. The predicted molar refractivity (Wildman–Crippen MR) is 76.0 cm³/mol. The molecular formula is C12H10Cl2N4O. The number of halogens is 2. The average Bonchev–Trinajstić information content (AvgIpc) is 2.32. The number of aryl methyl sites for hydroxylation is 1. The van der Waals surface area contributed by atoms with Crippen LogP contribution in [0.2, 0.25) is 10.0 Å². The normalized spacial score (nSPS) is 10.5. The zero-order chi connectivity index (χ0) is 14.2. The fraction of sp³-hybridized carbons (Fsp3) is 0.0833. The smallest absolute Gasteiger partial charge is 0.277 e. The van der Waals surface area contributed by atoms with E-state index in [1.54, 1.807) is 18.2 Å². The third-order valence-corrected chi connectivity index (χ3v) is 3.11. The number of nitrogen functional groups attached to an aromatic ring is 1. The maximum atomic E-state index is 11.8. The zero-order valence-corrected chi connectivity index (χ0v) is 11.5. The fourth-order valence-electron chi connectivity index (χ4n) is 1.63. The van der Waals surface area contributed by atoms with Crippen LogP contribution in [-0.2, 0) is 7.05 Å². The molecule has 0 saturated heterocycles. The maximum Gasteiger partial charge on any atom is 0.277 e. The van der Waals surface area contributed by atoms with E-state index in [2.05, 4.69) is 5.10 Å². The van der Waals surface area contributed by atoms with E-state index in [1.807, 2.05) is 0 Å². The molecule has 0 saturated carbocycles. The van der Waals surface area contributed by atoms with Crippen molar-refractivity contribution in [3.63, 3.8) is 0 Å². The summed E-state index contributed by atoms with van der Waals surface area (Å²) in [5.74, 6) is -0.311. The quantitative estimate of drug-likeness (QED) is 0.657. The molecule has 19 heavy (non-hydrogen) atoms. The number of benzene rings is 1. The molecule has 0 radical (unpaired) electrons. The topological polar surface area (TPSA) is 84.8 Å². The van der Waals surface area contributed by atoms with Crippen LogP contribution >= 0.6 is 23.2 Å². The fourth-order valence-corrected chi connectivity index (χ4v) is 2.14. The Morgan fingerprint density at radius 1 is 1.37 bits per heavy atom. The first kappa shape index (κ1) is 13.6. The van der Waals surface area contributed by atoms with Crippen molar-refractivity contribution in [2.45, 2.75) is 0 Å². The van der Waals surface area contributed by atoms with E-state index in [1.165, 1.54) is 13.1 Å². The summed E-state index contributed by atoms with van der Waals surface area (Å²) in [6.45, 7) is 0. The Morgan fingerprint density at radius 3 is 2.63 bits per heavy atom. The van der Waals surface area contributed by atoms with Gasteiger partial charge < -0.3 is 5.73 Å². The predicted octanol–water partition coefficient (Wildman–Crippen LogP) is 2.04. The highest BCUT2D eigenvalue weighted by atomic mass is 35.5. The summed E-state index contributed by atoms with van der Waals surface area (Å²) in [7, 11) is 1.49. The molecule has 1 aromatic heterocycles. The second-order valence-electron chi connectivity index (χ2n) is 3.91. The van der Waals surface area contributed by atoms with Gasteiger partial charge in [-0.05, 0) is 24.3 Å². The molecule has 3 N–H and O–H groups in total. The first-order valence-electron chi connectivity index (χ1n) is 5.28. The number of amidine groups is 1. The van der Waals surface area contributed by atoms with Gasteiger partial charge in [0.25, 0.3) is 5.56 Å². The minimum absolute atomic E-state index is 0.0820. The lowest BCUT2D eigenvalue weighted by Crippen LogP contribution is -2.29. The molecule has 2 aromatic rings. The van der Waals surface area contributed by atoms with Gasteiger partial charge in [-0.15, -0.1) is 0 Å². The summed E-state index contributed by atoms with van der Waals surface area (Å²) in [6, 6.07) is 6.39. The van der Waals surface area contributed by atoms with Crippen LogP contribution in [0.15, 0.2) is 29.1 Å². The standard InChI is InChI=1S/C12H10Cl2N4O/c1-18-12(19)8(11(15)16)5-10(17-18)7-3-2-6(13)4-9(7)14/h2-5H,1H3,(H3,15,16). The van der Waals surface area contributed by atoms with Crippen molar-refractivity contribution in [2.24, 2.45) is 12.8 Å². The molecule has 5 nitrogen and oxygen atoms in total. The van der Waals surface area contributed by atoms with Crippen LogP contribution in [0.5, 0.6) is 0 Å². The van der Waals surface area contributed by atoms with Crippen LogP contribution in [0.1, 0.15) is 5.56 Å². The Bertz CT molecular complexity index is 724. The van der Waals surface area contributed by atoms with E-state index in [9.17, 15) is 4.79 Å². The lowest BCUT2D eigenvalue weighted by molar-refractivity contribution is 0.710. The molecular weight excluding hydrogens is 287 g/mol. The number of rotatable bonds is 2. The molecule has 0 bridgehead atoms. The van der Waals surface area contributed by atoms with Crippen LogP contribution in [0.4, 0.5) is 0 Å². The Hall–Kier alpha value is -1.85. The third kappa shape index (κ3) is 2.62. The van der Waals surface area contributed by atoms with Gasteiger partial charge in [0.1, 0.15) is 5.84 Å². The van der Waals surface area contributed by atoms with Crippen molar-refractivity contribution in [1.82, 2.24) is 9.78 Å². The average molecular weight is 297 g/mol. The zero-order valence-electron chi connectivity index (χ0n) is 9.95. The molecule has 0 unspecified atom stereocenters. The van der Waals surface area contributed by atoms with Crippen LogP contribution < -0.4 is 11.3 Å². The van der Waals surface area contributed by atoms with Gasteiger partial charge in [0.15, 0.2) is 0 Å². The highest BCUT2D eigenvalue weighted by Crippen LogP contribution is 2.28. The van der Waals surface area contributed by atoms with Crippen molar-refractivity contribution >= 4 is 29.0 Å². The molecule has 0 spiro atoms. The summed E-state index contributed by atoms with van der Waals surface area (Å²) < 4.78 is 1.12. The highest BCUT2D eigenvalue weighted by Gasteiger charge is 2.12. The van der Waals surface area contributed by atoms with Crippen molar-refractivity contribution in [3.05, 3.63) is 50.2 Å². The molecule has 0 aliphatic heterocycles. The molecule has 0 aliphatic carbocycles. The van der Waals surface area contributed by atoms with Crippen molar-refractivity contribution < 1.29 is 0 Å². The van der Waals surface area contributed by atoms with Gasteiger partial charge in [-0.3, -0.25) is 10.2 Å². The Balaban J connectivity index is 2.70. The molecule has 2 rings (SSSR count). The van der Waals surface area contributed by atoms with Gasteiger partial charge in [0, 0.05) is 17.6 Å².